The summed E-state index contributed by atoms with van der Waals surface area (Å²) in [5, 5.41) is 39.2. The lowest BCUT2D eigenvalue weighted by atomic mass is 10.00. The van der Waals surface area contributed by atoms with E-state index in [4.69, 9.17) is 35.1 Å². The van der Waals surface area contributed by atoms with Crippen LogP contribution in [0.25, 0.3) is 0 Å². The van der Waals surface area contributed by atoms with E-state index in [2.05, 4.69) is 13.8 Å². The summed E-state index contributed by atoms with van der Waals surface area (Å²) in [4.78, 5) is 47.5. The molecule has 10 heteroatoms. The molecule has 1 unspecified atom stereocenters. The van der Waals surface area contributed by atoms with Gasteiger partial charge in [-0.25, -0.2) is 0 Å². The zero-order valence-corrected chi connectivity index (χ0v) is 20.9. The molecule has 0 aromatic rings. The van der Waals surface area contributed by atoms with Crippen molar-refractivity contribution in [2.24, 2.45) is 5.92 Å². The summed E-state index contributed by atoms with van der Waals surface area (Å²) in [6, 6.07) is 0. The van der Waals surface area contributed by atoms with Crippen molar-refractivity contribution in [1.82, 2.24) is 0 Å². The van der Waals surface area contributed by atoms with Crippen molar-refractivity contribution in [3.8, 4) is 0 Å². The molecule has 0 aliphatic heterocycles. The molecule has 0 bridgehead atoms. The fourth-order valence-electron chi connectivity index (χ4n) is 1.98. The predicted molar refractivity (Wildman–Crippen MR) is 127 cm³/mol. The second-order valence-corrected chi connectivity index (χ2v) is 6.91. The molecule has 0 heterocycles. The highest BCUT2D eigenvalue weighted by Gasteiger charge is 2.12. The van der Waals surface area contributed by atoms with Crippen LogP contribution < -0.4 is 0 Å². The van der Waals surface area contributed by atoms with Gasteiger partial charge in [-0.15, -0.1) is 0 Å². The topological polar surface area (TPSA) is 186 Å². The largest absolute Gasteiger partial charge is 0.483 e. The molecule has 0 fully saturated rings. The molecule has 0 spiro atoms. The summed E-state index contributed by atoms with van der Waals surface area (Å²) in [7, 11) is 0. The van der Waals surface area contributed by atoms with Crippen LogP contribution >= 0.6 is 0 Å². The molecular formula is C23H46O10. The van der Waals surface area contributed by atoms with Crippen molar-refractivity contribution in [2.45, 2.75) is 112 Å². The number of carboxylic acid groups (broad SMARTS) is 5. The van der Waals surface area contributed by atoms with Gasteiger partial charge >= 0.3 is 17.9 Å². The summed E-state index contributed by atoms with van der Waals surface area (Å²) < 4.78 is 0. The molecule has 1 atom stereocenters. The smallest absolute Gasteiger partial charge is 0.306 e. The minimum Gasteiger partial charge on any atom is -0.483 e. The van der Waals surface area contributed by atoms with Crippen LogP contribution in [0.2, 0.25) is 0 Å². The third-order valence-corrected chi connectivity index (χ3v) is 3.74. The first kappa shape index (κ1) is 40.7. The Labute approximate surface area is 198 Å². The maximum Gasteiger partial charge on any atom is 0.306 e. The first-order valence-electron chi connectivity index (χ1n) is 11.3. The van der Waals surface area contributed by atoms with Crippen LogP contribution in [0.4, 0.5) is 0 Å². The highest BCUT2D eigenvalue weighted by atomic mass is 16.4. The zero-order chi connectivity index (χ0) is 27.1. The van der Waals surface area contributed by atoms with E-state index in [-0.39, 0.29) is 12.4 Å². The first-order chi connectivity index (χ1) is 15.4. The van der Waals surface area contributed by atoms with Crippen molar-refractivity contribution in [2.75, 3.05) is 0 Å². The van der Waals surface area contributed by atoms with Crippen LogP contribution in [0.15, 0.2) is 0 Å². The van der Waals surface area contributed by atoms with E-state index < -0.39 is 23.9 Å². The summed E-state index contributed by atoms with van der Waals surface area (Å²) in [6.45, 7) is 8.92. The fraction of sp³-hybridized carbons (Fsp3) is 0.783. The molecule has 0 aromatic carbocycles. The fourth-order valence-corrected chi connectivity index (χ4v) is 1.98. The zero-order valence-electron chi connectivity index (χ0n) is 20.9. The summed E-state index contributed by atoms with van der Waals surface area (Å²) >= 11 is 0. The van der Waals surface area contributed by atoms with E-state index in [0.717, 1.165) is 64.7 Å². The molecule has 0 aromatic heterocycles. The van der Waals surface area contributed by atoms with Gasteiger partial charge in [-0.1, -0.05) is 66.2 Å². The Balaban J connectivity index is -0.000000105. The molecule has 33 heavy (non-hydrogen) atoms. The lowest BCUT2D eigenvalue weighted by molar-refractivity contribution is -0.142. The van der Waals surface area contributed by atoms with E-state index in [9.17, 15) is 14.4 Å². The Bertz CT molecular complexity index is 460. The minimum atomic E-state index is -0.833. The van der Waals surface area contributed by atoms with Crippen molar-refractivity contribution in [3.05, 3.63) is 0 Å². The number of aliphatic carboxylic acids is 4. The summed E-state index contributed by atoms with van der Waals surface area (Å²) in [5.74, 6) is -2.95. The van der Waals surface area contributed by atoms with Crippen LogP contribution in [0.1, 0.15) is 112 Å². The molecule has 0 saturated carbocycles. The van der Waals surface area contributed by atoms with Crippen molar-refractivity contribution in [1.29, 1.82) is 0 Å². The number of hydrogen-bond donors (Lipinski definition) is 5. The molecule has 5 N–H and O–H groups in total. The van der Waals surface area contributed by atoms with Gasteiger partial charge in [0.15, 0.2) is 0 Å². The summed E-state index contributed by atoms with van der Waals surface area (Å²) in [5.41, 5.74) is 0. The predicted octanol–water partition coefficient (Wildman–Crippen LogP) is 5.38. The molecule has 10 nitrogen and oxygen atoms in total. The third-order valence-electron chi connectivity index (χ3n) is 3.74. The van der Waals surface area contributed by atoms with Gasteiger partial charge in [0, 0.05) is 19.8 Å². The number of unbranched alkanes of at least 4 members (excludes halogenated alkanes) is 5. The molecule has 0 aliphatic carbocycles. The minimum absolute atomic E-state index is 0.111. The lowest BCUT2D eigenvalue weighted by Gasteiger charge is -2.06. The Hall–Kier alpha value is -2.65. The highest BCUT2D eigenvalue weighted by Crippen LogP contribution is 2.11. The standard InChI is InChI=1S/C8H16O2.C7H14O2.C5H10O2.C2H4O2.CH2O2/c1-3-5-6-7(4-2)8(9)10;1-2-3-4-5-6-7(8)9;1-2-3-4-5(6)7;1-2(3)4;2-1-3/h7H,3-6H2,1-2H3,(H,9,10);2-6H2,1H3,(H,8,9);2-4H2,1H3,(H,6,7);1H3,(H,3,4);1H,(H,2,3). The number of carboxylic acids is 4. The lowest BCUT2D eigenvalue weighted by Crippen LogP contribution is -2.11. The maximum atomic E-state index is 10.4. The molecular weight excluding hydrogens is 436 g/mol. The van der Waals surface area contributed by atoms with E-state index in [1.54, 1.807) is 0 Å². The summed E-state index contributed by atoms with van der Waals surface area (Å²) in [6.07, 6.45) is 10.4. The van der Waals surface area contributed by atoms with Crippen LogP contribution in [0.3, 0.4) is 0 Å². The van der Waals surface area contributed by atoms with E-state index in [1.165, 1.54) is 6.42 Å². The molecule has 0 amide bonds. The van der Waals surface area contributed by atoms with Crippen molar-refractivity contribution in [3.63, 3.8) is 0 Å². The molecule has 0 rings (SSSR count). The van der Waals surface area contributed by atoms with Gasteiger partial charge < -0.3 is 25.5 Å². The van der Waals surface area contributed by atoms with Gasteiger partial charge in [0.1, 0.15) is 0 Å². The van der Waals surface area contributed by atoms with Gasteiger partial charge in [0.2, 0.25) is 0 Å². The third kappa shape index (κ3) is 72.9. The molecule has 0 saturated heterocycles. The van der Waals surface area contributed by atoms with Crippen LogP contribution in [-0.2, 0) is 24.0 Å². The Kier molecular flexibility index (Phi) is 45.3. The van der Waals surface area contributed by atoms with E-state index in [0.29, 0.717) is 12.8 Å². The van der Waals surface area contributed by atoms with Gasteiger partial charge in [-0.3, -0.25) is 24.0 Å². The number of hydrogen-bond acceptors (Lipinski definition) is 5. The highest BCUT2D eigenvalue weighted by molar-refractivity contribution is 5.69. The Morgan fingerprint density at radius 1 is 0.697 bits per heavy atom. The van der Waals surface area contributed by atoms with Crippen molar-refractivity contribution >= 4 is 30.3 Å². The van der Waals surface area contributed by atoms with Gasteiger partial charge in [0.25, 0.3) is 12.4 Å². The maximum absolute atomic E-state index is 10.4. The molecule has 198 valence electrons. The normalized spacial score (nSPS) is 9.48. The Morgan fingerprint density at radius 2 is 1.06 bits per heavy atom. The first-order valence-corrected chi connectivity index (χ1v) is 11.3. The second-order valence-electron chi connectivity index (χ2n) is 6.91. The van der Waals surface area contributed by atoms with Gasteiger partial charge in [-0.2, -0.15) is 0 Å². The van der Waals surface area contributed by atoms with Crippen LogP contribution in [0.5, 0.6) is 0 Å². The van der Waals surface area contributed by atoms with E-state index in [1.807, 2.05) is 13.8 Å². The number of rotatable bonds is 13. The van der Waals surface area contributed by atoms with Gasteiger partial charge in [-0.05, 0) is 25.7 Å². The van der Waals surface area contributed by atoms with E-state index >= 15 is 0 Å². The average molecular weight is 483 g/mol. The number of carbonyl (C=O) groups is 5. The quantitative estimate of drug-likeness (QED) is 0.168. The van der Waals surface area contributed by atoms with Crippen molar-refractivity contribution < 1.29 is 49.5 Å². The Morgan fingerprint density at radius 3 is 1.30 bits per heavy atom. The van der Waals surface area contributed by atoms with Gasteiger partial charge in [0.05, 0.1) is 5.92 Å². The molecule has 0 aliphatic rings. The monoisotopic (exact) mass is 482 g/mol. The molecule has 0 radical (unpaired) electrons. The second kappa shape index (κ2) is 36.7. The van der Waals surface area contributed by atoms with Crippen LogP contribution in [0, 0.1) is 5.92 Å². The average Bonchev–Trinajstić information content (AvgIpc) is 2.71. The van der Waals surface area contributed by atoms with Crippen LogP contribution in [-0.4, -0.2) is 55.9 Å². The SMILES string of the molecule is CC(=O)O.CCCCC(=O)O.CCCCC(CC)C(=O)O.CCCCCCC(=O)O.O=CO.